The van der Waals surface area contributed by atoms with E-state index in [1.165, 1.54) is 5.69 Å². The molecular weight excluding hydrogens is 236 g/mol. The van der Waals surface area contributed by atoms with Crippen molar-refractivity contribution in [1.82, 2.24) is 19.4 Å². The number of likely N-dealkylation sites (N-methyl/N-ethyl adjacent to an activating group) is 1. The topological polar surface area (TPSA) is 24.3 Å². The molecule has 100 valence electrons. The first-order chi connectivity index (χ1) is 9.33. The van der Waals surface area contributed by atoms with Gasteiger partial charge in [0.05, 0.1) is 11.9 Å². The minimum absolute atomic E-state index is 1.01. The smallest absolute Gasteiger partial charge is 0.0636 e. The van der Waals surface area contributed by atoms with Crippen LogP contribution >= 0.6 is 0 Å². The largest absolute Gasteiger partial charge is 0.318 e. The Morgan fingerprint density at radius 2 is 1.95 bits per heavy atom. The molecule has 0 atom stereocenters. The maximum atomic E-state index is 4.20. The van der Waals surface area contributed by atoms with Crippen molar-refractivity contribution in [1.29, 1.82) is 0 Å². The molecule has 3 rings (SSSR count). The summed E-state index contributed by atoms with van der Waals surface area (Å²) in [4.78, 5) is 9.10. The standard InChI is InChI=1S/C15H20N4/c1-17-8-10-18(11-9-17)13-15-5-3-7-19(15)14-4-2-6-16-12-14/h2-7,12H,8-11,13H2,1H3. The Bertz CT molecular complexity index is 512. The Labute approximate surface area is 114 Å². The SMILES string of the molecule is CN1CCN(Cc2cccn2-c2cccnc2)CC1. The number of hydrogen-bond donors (Lipinski definition) is 0. The Kier molecular flexibility index (Phi) is 3.62. The predicted molar refractivity (Wildman–Crippen MR) is 76.3 cm³/mol. The monoisotopic (exact) mass is 256 g/mol. The van der Waals surface area contributed by atoms with E-state index in [1.54, 1.807) is 0 Å². The first-order valence-electron chi connectivity index (χ1n) is 6.80. The van der Waals surface area contributed by atoms with Crippen LogP contribution in [0.4, 0.5) is 0 Å². The van der Waals surface area contributed by atoms with Gasteiger partial charge in [-0.25, -0.2) is 0 Å². The third kappa shape index (κ3) is 2.85. The number of aromatic nitrogens is 2. The number of hydrogen-bond acceptors (Lipinski definition) is 3. The molecule has 0 aliphatic carbocycles. The van der Waals surface area contributed by atoms with Gasteiger partial charge in [-0.15, -0.1) is 0 Å². The molecule has 0 aromatic carbocycles. The first kappa shape index (κ1) is 12.4. The Balaban J connectivity index is 1.74. The van der Waals surface area contributed by atoms with Crippen molar-refractivity contribution < 1.29 is 0 Å². The maximum Gasteiger partial charge on any atom is 0.0636 e. The van der Waals surface area contributed by atoms with E-state index >= 15 is 0 Å². The molecule has 0 N–H and O–H groups in total. The van der Waals surface area contributed by atoms with Crippen molar-refractivity contribution >= 4 is 0 Å². The molecule has 2 aromatic heterocycles. The van der Waals surface area contributed by atoms with Gasteiger partial charge >= 0.3 is 0 Å². The van der Waals surface area contributed by atoms with Gasteiger partial charge in [0.25, 0.3) is 0 Å². The molecule has 1 aliphatic heterocycles. The number of pyridine rings is 1. The summed E-state index contributed by atoms with van der Waals surface area (Å²) in [5.41, 5.74) is 2.47. The van der Waals surface area contributed by atoms with Crippen LogP contribution in [-0.4, -0.2) is 52.6 Å². The molecule has 19 heavy (non-hydrogen) atoms. The van der Waals surface area contributed by atoms with Crippen molar-refractivity contribution in [2.45, 2.75) is 6.54 Å². The van der Waals surface area contributed by atoms with Gasteiger partial charge < -0.3 is 9.47 Å². The lowest BCUT2D eigenvalue weighted by atomic mass is 10.3. The second-order valence-electron chi connectivity index (χ2n) is 5.16. The van der Waals surface area contributed by atoms with E-state index < -0.39 is 0 Å². The fraction of sp³-hybridized carbons (Fsp3) is 0.400. The van der Waals surface area contributed by atoms with Crippen LogP contribution in [0.25, 0.3) is 5.69 Å². The number of rotatable bonds is 3. The summed E-state index contributed by atoms with van der Waals surface area (Å²) in [7, 11) is 2.19. The fourth-order valence-electron chi connectivity index (χ4n) is 2.53. The summed E-state index contributed by atoms with van der Waals surface area (Å²) >= 11 is 0. The molecule has 0 saturated carbocycles. The van der Waals surface area contributed by atoms with Crippen molar-refractivity contribution in [3.8, 4) is 5.69 Å². The van der Waals surface area contributed by atoms with Crippen LogP contribution in [0.5, 0.6) is 0 Å². The van der Waals surface area contributed by atoms with E-state index in [0.29, 0.717) is 0 Å². The van der Waals surface area contributed by atoms with E-state index in [-0.39, 0.29) is 0 Å². The summed E-state index contributed by atoms with van der Waals surface area (Å²) in [6, 6.07) is 8.39. The van der Waals surface area contributed by atoms with Gasteiger partial charge in [-0.05, 0) is 31.3 Å². The van der Waals surface area contributed by atoms with E-state index in [0.717, 1.165) is 38.4 Å². The zero-order chi connectivity index (χ0) is 13.1. The van der Waals surface area contributed by atoms with Crippen LogP contribution in [0.15, 0.2) is 42.9 Å². The van der Waals surface area contributed by atoms with Crippen molar-refractivity contribution in [3.05, 3.63) is 48.5 Å². The normalized spacial score (nSPS) is 17.7. The van der Waals surface area contributed by atoms with Gasteiger partial charge in [-0.1, -0.05) is 0 Å². The van der Waals surface area contributed by atoms with Gasteiger partial charge in [0, 0.05) is 50.8 Å². The van der Waals surface area contributed by atoms with Crippen molar-refractivity contribution in [2.75, 3.05) is 33.2 Å². The molecule has 1 saturated heterocycles. The zero-order valence-corrected chi connectivity index (χ0v) is 11.4. The summed E-state index contributed by atoms with van der Waals surface area (Å²) < 4.78 is 2.23. The second kappa shape index (κ2) is 5.55. The minimum atomic E-state index is 1.01. The fourth-order valence-corrected chi connectivity index (χ4v) is 2.53. The second-order valence-corrected chi connectivity index (χ2v) is 5.16. The van der Waals surface area contributed by atoms with Crippen LogP contribution in [0.3, 0.4) is 0 Å². The zero-order valence-electron chi connectivity index (χ0n) is 11.4. The highest BCUT2D eigenvalue weighted by Gasteiger charge is 2.15. The van der Waals surface area contributed by atoms with Crippen LogP contribution in [0, 0.1) is 0 Å². The van der Waals surface area contributed by atoms with E-state index in [1.807, 2.05) is 18.5 Å². The predicted octanol–water partition coefficient (Wildman–Crippen LogP) is 1.62. The molecule has 4 nitrogen and oxygen atoms in total. The third-order valence-electron chi connectivity index (χ3n) is 3.74. The molecule has 0 unspecified atom stereocenters. The average molecular weight is 256 g/mol. The molecule has 0 bridgehead atoms. The van der Waals surface area contributed by atoms with Gasteiger partial charge in [0.2, 0.25) is 0 Å². The summed E-state index contributed by atoms with van der Waals surface area (Å²) in [6.07, 6.45) is 5.84. The highest BCUT2D eigenvalue weighted by Crippen LogP contribution is 2.14. The maximum absolute atomic E-state index is 4.20. The molecule has 0 radical (unpaired) electrons. The van der Waals surface area contributed by atoms with Gasteiger partial charge in [0.15, 0.2) is 0 Å². The van der Waals surface area contributed by atoms with Crippen LogP contribution in [0.2, 0.25) is 0 Å². The van der Waals surface area contributed by atoms with Gasteiger partial charge in [0.1, 0.15) is 0 Å². The molecule has 1 aliphatic rings. The van der Waals surface area contributed by atoms with Crippen molar-refractivity contribution in [2.24, 2.45) is 0 Å². The Morgan fingerprint density at radius 3 is 2.68 bits per heavy atom. The van der Waals surface area contributed by atoms with Crippen LogP contribution < -0.4 is 0 Å². The van der Waals surface area contributed by atoms with Crippen LogP contribution in [-0.2, 0) is 6.54 Å². The molecule has 0 amide bonds. The molecular formula is C15H20N4. The first-order valence-corrected chi connectivity index (χ1v) is 6.80. The molecule has 3 heterocycles. The van der Waals surface area contributed by atoms with Gasteiger partial charge in [-0.3, -0.25) is 9.88 Å². The van der Waals surface area contributed by atoms with Gasteiger partial charge in [-0.2, -0.15) is 0 Å². The average Bonchev–Trinajstić information content (AvgIpc) is 2.90. The molecule has 1 fully saturated rings. The Morgan fingerprint density at radius 1 is 1.11 bits per heavy atom. The third-order valence-corrected chi connectivity index (χ3v) is 3.74. The number of nitrogens with zero attached hydrogens (tertiary/aromatic N) is 4. The van der Waals surface area contributed by atoms with E-state index in [4.69, 9.17) is 0 Å². The quantitative estimate of drug-likeness (QED) is 0.834. The lowest BCUT2D eigenvalue weighted by Crippen LogP contribution is -2.44. The van der Waals surface area contributed by atoms with E-state index in [9.17, 15) is 0 Å². The minimum Gasteiger partial charge on any atom is -0.318 e. The number of piperazine rings is 1. The highest BCUT2D eigenvalue weighted by molar-refractivity contribution is 5.31. The molecule has 4 heteroatoms. The summed E-state index contributed by atoms with van der Waals surface area (Å²) in [6.45, 7) is 5.63. The Hall–Kier alpha value is -1.65. The van der Waals surface area contributed by atoms with Crippen LogP contribution in [0.1, 0.15) is 5.69 Å². The summed E-state index contributed by atoms with van der Waals surface area (Å²) in [5.74, 6) is 0. The lowest BCUT2D eigenvalue weighted by molar-refractivity contribution is 0.146. The lowest BCUT2D eigenvalue weighted by Gasteiger charge is -2.32. The molecule has 0 spiro atoms. The molecule has 2 aromatic rings. The summed E-state index contributed by atoms with van der Waals surface area (Å²) in [5, 5.41) is 0. The van der Waals surface area contributed by atoms with E-state index in [2.05, 4.69) is 50.8 Å². The highest BCUT2D eigenvalue weighted by atomic mass is 15.2. The van der Waals surface area contributed by atoms with Crippen molar-refractivity contribution in [3.63, 3.8) is 0 Å².